The van der Waals surface area contributed by atoms with Crippen molar-refractivity contribution < 1.29 is 38.1 Å². The molecule has 3 aromatic carbocycles. The lowest BCUT2D eigenvalue weighted by atomic mass is 10.1. The molecule has 0 bridgehead atoms. The molecular weight excluding hydrogens is 547 g/mol. The van der Waals surface area contributed by atoms with Crippen LogP contribution in [0.1, 0.15) is 26.2 Å². The van der Waals surface area contributed by atoms with Gasteiger partial charge >= 0.3 is 5.89 Å². The summed E-state index contributed by atoms with van der Waals surface area (Å²) in [6.45, 7) is 5.00. The number of aromatic nitrogens is 1. The molecule has 1 aromatic heterocycles. The third-order valence-electron chi connectivity index (χ3n) is 5.61. The molecule has 0 unspecified atom stereocenters. The number of halogens is 2. The van der Waals surface area contributed by atoms with E-state index in [0.29, 0.717) is 10.9 Å². The second kappa shape index (κ2) is 10.0. The summed E-state index contributed by atoms with van der Waals surface area (Å²) in [5, 5.41) is 0.699. The van der Waals surface area contributed by atoms with Gasteiger partial charge in [-0.25, -0.2) is 0 Å². The molecule has 0 saturated carbocycles. The minimum atomic E-state index is 0. The van der Waals surface area contributed by atoms with Gasteiger partial charge in [-0.05, 0) is 54.3 Å². The molecule has 0 fully saturated rings. The number of H-pyrrole nitrogens is 1. The fourth-order valence-corrected chi connectivity index (χ4v) is 4.12. The molecule has 1 N–H and O–H groups in total. The van der Waals surface area contributed by atoms with Crippen LogP contribution in [0, 0.1) is 0 Å². The van der Waals surface area contributed by atoms with E-state index < -0.39 is 0 Å². The van der Waals surface area contributed by atoms with Gasteiger partial charge in [0.1, 0.15) is 0 Å². The Balaban J connectivity index is 0.00000259. The van der Waals surface area contributed by atoms with E-state index in [0.717, 1.165) is 52.5 Å². The second-order valence-electron chi connectivity index (χ2n) is 7.68. The Kier molecular flexibility index (Phi) is 7.10. The lowest BCUT2D eigenvalue weighted by Crippen LogP contribution is -3.00. The van der Waals surface area contributed by atoms with E-state index in [9.17, 15) is 0 Å². The topological polar surface area (TPSA) is 39.8 Å². The maximum absolute atomic E-state index is 6.19. The Bertz CT molecular complexity index is 1350. The SMILES string of the molecule is CCC(=C\c1[nH+]c2cc(-c3ccccc3)ccc2o1)/C=C1/Oc2ccc(Cl)cc2N1CC.[I-]. The predicted molar refractivity (Wildman–Crippen MR) is 130 cm³/mol. The van der Waals surface area contributed by atoms with Crippen LogP contribution in [0.25, 0.3) is 28.3 Å². The van der Waals surface area contributed by atoms with E-state index in [1.165, 1.54) is 5.56 Å². The monoisotopic (exact) mass is 570 g/mol. The highest BCUT2D eigenvalue weighted by Gasteiger charge is 2.25. The first-order valence-electron chi connectivity index (χ1n) is 10.8. The van der Waals surface area contributed by atoms with Crippen molar-refractivity contribution in [3.8, 4) is 16.9 Å². The maximum atomic E-state index is 6.19. The minimum Gasteiger partial charge on any atom is -1.00 e. The Morgan fingerprint density at radius 1 is 1.00 bits per heavy atom. The van der Waals surface area contributed by atoms with Crippen molar-refractivity contribution in [3.63, 3.8) is 0 Å². The lowest BCUT2D eigenvalue weighted by Gasteiger charge is -2.16. The van der Waals surface area contributed by atoms with Crippen LogP contribution >= 0.6 is 11.6 Å². The Labute approximate surface area is 215 Å². The van der Waals surface area contributed by atoms with Crippen molar-refractivity contribution in [2.24, 2.45) is 0 Å². The smallest absolute Gasteiger partial charge is 0.372 e. The largest absolute Gasteiger partial charge is 1.00 e. The summed E-state index contributed by atoms with van der Waals surface area (Å²) >= 11 is 6.19. The van der Waals surface area contributed by atoms with Gasteiger partial charge in [-0.3, -0.25) is 0 Å². The summed E-state index contributed by atoms with van der Waals surface area (Å²) in [5.41, 5.74) is 6.21. The number of fused-ring (bicyclic) bond motifs is 2. The van der Waals surface area contributed by atoms with Gasteiger partial charge in [0.2, 0.25) is 17.0 Å². The Hall–Kier alpha value is -2.77. The molecule has 168 valence electrons. The van der Waals surface area contributed by atoms with Crippen LogP contribution < -0.4 is 38.6 Å². The van der Waals surface area contributed by atoms with Gasteiger partial charge < -0.3 is 38.0 Å². The summed E-state index contributed by atoms with van der Waals surface area (Å²) in [5.74, 6) is 2.32. The van der Waals surface area contributed by atoms with Crippen LogP contribution in [0.4, 0.5) is 5.69 Å². The van der Waals surface area contributed by atoms with Gasteiger partial charge in [-0.15, -0.1) is 0 Å². The van der Waals surface area contributed by atoms with Crippen LogP contribution in [0.2, 0.25) is 5.02 Å². The molecule has 5 rings (SSSR count). The zero-order valence-corrected chi connectivity index (χ0v) is 21.4. The zero-order chi connectivity index (χ0) is 22.1. The van der Waals surface area contributed by atoms with Gasteiger partial charge in [0, 0.05) is 23.7 Å². The molecule has 1 aliphatic rings. The molecule has 0 atom stereocenters. The highest BCUT2D eigenvalue weighted by molar-refractivity contribution is 6.31. The average Bonchev–Trinajstić information content (AvgIpc) is 3.38. The van der Waals surface area contributed by atoms with Gasteiger partial charge in [0.25, 0.3) is 0 Å². The number of nitrogens with zero attached hydrogens (tertiary/aromatic N) is 1. The number of allylic oxidation sites excluding steroid dienone is 2. The number of hydrogen-bond donors (Lipinski definition) is 0. The third-order valence-corrected chi connectivity index (χ3v) is 5.84. The fourth-order valence-electron chi connectivity index (χ4n) is 3.95. The molecule has 0 spiro atoms. The quantitative estimate of drug-likeness (QED) is 0.339. The molecule has 0 saturated heterocycles. The first kappa shape index (κ1) is 23.4. The standard InChI is InChI=1S/C27H23ClN2O2.HI/c1-3-18(15-27-30(4-2)23-17-21(28)11-13-25(23)32-27)14-26-29-22-16-20(10-12-24(22)31-26)19-8-6-5-7-9-19;/h5-17H,3-4H2,1-2H3;1H/b18-14+,27-15+;. The van der Waals surface area contributed by atoms with Gasteiger partial charge in [0.05, 0.1) is 11.8 Å². The molecule has 6 heteroatoms. The zero-order valence-electron chi connectivity index (χ0n) is 18.4. The fraction of sp³-hybridized carbons (Fsp3) is 0.148. The van der Waals surface area contributed by atoms with Crippen molar-refractivity contribution in [2.75, 3.05) is 11.4 Å². The lowest BCUT2D eigenvalue weighted by molar-refractivity contribution is -0.357. The molecule has 0 aliphatic carbocycles. The molecule has 4 aromatic rings. The Morgan fingerprint density at radius 2 is 1.82 bits per heavy atom. The number of aromatic amines is 1. The van der Waals surface area contributed by atoms with Crippen LogP contribution in [-0.2, 0) is 0 Å². The van der Waals surface area contributed by atoms with E-state index >= 15 is 0 Å². The van der Waals surface area contributed by atoms with Gasteiger partial charge in [-0.1, -0.05) is 54.9 Å². The highest BCUT2D eigenvalue weighted by atomic mass is 127. The van der Waals surface area contributed by atoms with E-state index in [-0.39, 0.29) is 24.0 Å². The molecule has 1 aliphatic heterocycles. The molecule has 0 amide bonds. The summed E-state index contributed by atoms with van der Waals surface area (Å²) in [7, 11) is 0. The summed E-state index contributed by atoms with van der Waals surface area (Å²) in [6, 6.07) is 22.2. The van der Waals surface area contributed by atoms with Crippen LogP contribution in [0.5, 0.6) is 5.75 Å². The summed E-state index contributed by atoms with van der Waals surface area (Å²) in [6.07, 6.45) is 4.93. The van der Waals surface area contributed by atoms with E-state index in [2.05, 4.69) is 54.1 Å². The highest BCUT2D eigenvalue weighted by Crippen LogP contribution is 2.40. The number of rotatable bonds is 5. The van der Waals surface area contributed by atoms with Gasteiger partial charge in [-0.2, -0.15) is 4.98 Å². The van der Waals surface area contributed by atoms with Gasteiger partial charge in [0.15, 0.2) is 5.75 Å². The summed E-state index contributed by atoms with van der Waals surface area (Å²) < 4.78 is 12.2. The molecule has 33 heavy (non-hydrogen) atoms. The first-order chi connectivity index (χ1) is 15.6. The second-order valence-corrected chi connectivity index (χ2v) is 8.12. The van der Waals surface area contributed by atoms with Crippen molar-refractivity contribution >= 4 is 34.5 Å². The summed E-state index contributed by atoms with van der Waals surface area (Å²) in [4.78, 5) is 5.53. The molecular formula is C27H24ClIN2O2. The first-order valence-corrected chi connectivity index (χ1v) is 11.2. The molecule has 4 nitrogen and oxygen atoms in total. The number of oxazole rings is 1. The van der Waals surface area contributed by atoms with E-state index in [4.69, 9.17) is 20.8 Å². The van der Waals surface area contributed by atoms with Crippen LogP contribution in [0.15, 0.2) is 88.7 Å². The minimum absolute atomic E-state index is 0. The number of benzene rings is 3. The Morgan fingerprint density at radius 3 is 2.58 bits per heavy atom. The number of anilines is 1. The van der Waals surface area contributed by atoms with Crippen LogP contribution in [-0.4, -0.2) is 6.54 Å². The molecule has 0 radical (unpaired) electrons. The molecule has 2 heterocycles. The predicted octanol–water partition coefficient (Wildman–Crippen LogP) is 4.13. The van der Waals surface area contributed by atoms with E-state index in [1.54, 1.807) is 0 Å². The van der Waals surface area contributed by atoms with Crippen molar-refractivity contribution in [3.05, 3.63) is 95.2 Å². The average molecular weight is 571 g/mol. The van der Waals surface area contributed by atoms with Crippen molar-refractivity contribution in [1.29, 1.82) is 0 Å². The van der Waals surface area contributed by atoms with Crippen molar-refractivity contribution in [1.82, 2.24) is 0 Å². The normalized spacial score (nSPS) is 14.3. The van der Waals surface area contributed by atoms with E-state index in [1.807, 2.05) is 48.5 Å². The maximum Gasteiger partial charge on any atom is 0.372 e. The number of ether oxygens (including phenoxy) is 1. The number of hydrogen-bond acceptors (Lipinski definition) is 3. The number of nitrogens with one attached hydrogen (secondary N) is 1. The third kappa shape index (κ3) is 4.80. The van der Waals surface area contributed by atoms with Crippen molar-refractivity contribution in [2.45, 2.75) is 20.3 Å². The van der Waals surface area contributed by atoms with Crippen LogP contribution in [0.3, 0.4) is 0 Å².